The van der Waals surface area contributed by atoms with Crippen molar-refractivity contribution < 1.29 is 5.11 Å². The van der Waals surface area contributed by atoms with E-state index >= 15 is 0 Å². The van der Waals surface area contributed by atoms with Gasteiger partial charge < -0.3 is 5.11 Å². The first kappa shape index (κ1) is 58.3. The van der Waals surface area contributed by atoms with Crippen molar-refractivity contribution in [2.24, 2.45) is 0 Å². The van der Waals surface area contributed by atoms with Crippen LogP contribution in [0.15, 0.2) is 65.8 Å². The fraction of sp³-hybridized carbons (Fsp3) is 0.695. The molecule has 66 heavy (non-hydrogen) atoms. The monoisotopic (exact) mass is 1010 g/mol. The maximum Gasteiger partial charge on any atom is 0.0431 e. The molecule has 0 saturated carbocycles. The van der Waals surface area contributed by atoms with E-state index in [-0.39, 0.29) is 0 Å². The lowest BCUT2D eigenvalue weighted by Crippen LogP contribution is -1.94. The summed E-state index contributed by atoms with van der Waals surface area (Å²) in [5, 5.41) is 18.0. The lowest BCUT2D eigenvalue weighted by Gasteiger charge is -2.20. The molecule has 372 valence electrons. The van der Waals surface area contributed by atoms with Gasteiger partial charge in [-0.1, -0.05) is 176 Å². The molecule has 4 rings (SSSR count). The average molecular weight is 1010 g/mol. The highest BCUT2D eigenvalue weighted by Gasteiger charge is 2.19. The van der Waals surface area contributed by atoms with Gasteiger partial charge in [0.1, 0.15) is 0 Å². The van der Waals surface area contributed by atoms with Crippen LogP contribution in [0, 0.1) is 0 Å². The molecule has 0 spiro atoms. The average Bonchev–Trinajstić information content (AvgIpc) is 3.33. The lowest BCUT2D eigenvalue weighted by molar-refractivity contribution is 0.282. The fourth-order valence-corrected chi connectivity index (χ4v) is 15.8. The zero-order valence-electron chi connectivity index (χ0n) is 42.8. The Balaban J connectivity index is 1.85. The number of fused-ring (bicyclic) bond motifs is 6. The minimum Gasteiger partial charge on any atom is -0.396 e. The normalized spacial score (nSPS) is 11.9. The van der Waals surface area contributed by atoms with E-state index in [1.165, 1.54) is 276 Å². The standard InChI is InChI=1S/C59H94OS6/c1-6-11-16-29-36-61-54-42-48-49-43-55(62-37-30-17-12-7-2)57(64-39-32-19-14-9-4)45-51(49)53-47-59(66-41-34-27-25-23-21-22-24-26-28-35-60)58(65-40-33-20-15-10-5)46-52(53)50(48)44-56(54)63-38-31-18-13-8-3/h42-47,60H,6-41H2,1-5H3. The van der Waals surface area contributed by atoms with Crippen molar-refractivity contribution in [1.82, 2.24) is 0 Å². The van der Waals surface area contributed by atoms with Crippen LogP contribution in [-0.2, 0) is 0 Å². The van der Waals surface area contributed by atoms with E-state index in [4.69, 9.17) is 5.11 Å². The summed E-state index contributed by atoms with van der Waals surface area (Å²) in [7, 11) is 0. The van der Waals surface area contributed by atoms with Crippen molar-refractivity contribution in [2.75, 3.05) is 41.1 Å². The highest BCUT2D eigenvalue weighted by atomic mass is 32.2. The SMILES string of the molecule is CCCCCCSc1cc2c3cc(SCCCCCC)c(SCCCCCC)cc3c3cc(SCCCCCCCCCCCO)c(SCCCCCC)cc3c2cc1SCCCCCC. The van der Waals surface area contributed by atoms with E-state index in [1.807, 2.05) is 0 Å². The quantitative estimate of drug-likeness (QED) is 0.0268. The zero-order chi connectivity index (χ0) is 46.9. The molecule has 7 heteroatoms. The van der Waals surface area contributed by atoms with Crippen LogP contribution in [0.25, 0.3) is 32.3 Å². The molecule has 1 N–H and O–H groups in total. The van der Waals surface area contributed by atoms with Crippen LogP contribution in [-0.4, -0.2) is 46.2 Å². The molecule has 0 amide bonds. The fourth-order valence-electron chi connectivity index (χ4n) is 8.88. The van der Waals surface area contributed by atoms with Gasteiger partial charge in [0, 0.05) is 36.0 Å². The Morgan fingerprint density at radius 1 is 0.242 bits per heavy atom. The molecule has 0 radical (unpaired) electrons. The largest absolute Gasteiger partial charge is 0.396 e. The van der Waals surface area contributed by atoms with Crippen molar-refractivity contribution in [3.05, 3.63) is 36.4 Å². The van der Waals surface area contributed by atoms with Gasteiger partial charge in [-0.2, -0.15) is 0 Å². The smallest absolute Gasteiger partial charge is 0.0431 e. The van der Waals surface area contributed by atoms with Gasteiger partial charge in [-0.25, -0.2) is 0 Å². The minimum absolute atomic E-state index is 0.345. The van der Waals surface area contributed by atoms with Crippen LogP contribution in [0.1, 0.15) is 221 Å². The summed E-state index contributed by atoms with van der Waals surface area (Å²) in [5.74, 6) is 7.25. The van der Waals surface area contributed by atoms with Crippen molar-refractivity contribution >= 4 is 103 Å². The summed E-state index contributed by atoms with van der Waals surface area (Å²) in [5.41, 5.74) is 0. The first-order valence-corrected chi connectivity index (χ1v) is 33.4. The molecule has 4 aromatic rings. The maximum atomic E-state index is 9.12. The highest BCUT2D eigenvalue weighted by Crippen LogP contribution is 2.47. The Morgan fingerprint density at radius 3 is 0.591 bits per heavy atom. The predicted octanol–water partition coefficient (Wildman–Crippen LogP) is 22.1. The van der Waals surface area contributed by atoms with E-state index < -0.39 is 0 Å². The van der Waals surface area contributed by atoms with E-state index in [9.17, 15) is 0 Å². The summed E-state index contributed by atoms with van der Waals surface area (Å²) >= 11 is 12.8. The van der Waals surface area contributed by atoms with Crippen LogP contribution < -0.4 is 0 Å². The Hall–Kier alpha value is -0.280. The first-order chi connectivity index (χ1) is 32.6. The molecule has 0 bridgehead atoms. The summed E-state index contributed by atoms with van der Waals surface area (Å²) < 4.78 is 0. The second-order valence-electron chi connectivity index (χ2n) is 18.8. The van der Waals surface area contributed by atoms with Crippen LogP contribution in [0.4, 0.5) is 0 Å². The van der Waals surface area contributed by atoms with Gasteiger partial charge in [-0.15, -0.1) is 70.6 Å². The predicted molar refractivity (Wildman–Crippen MR) is 313 cm³/mol. The molecule has 0 unspecified atom stereocenters. The van der Waals surface area contributed by atoms with Crippen LogP contribution >= 0.6 is 70.6 Å². The van der Waals surface area contributed by atoms with E-state index in [0.717, 1.165) is 6.42 Å². The molecule has 0 aromatic heterocycles. The number of thioether (sulfide) groups is 6. The van der Waals surface area contributed by atoms with Gasteiger partial charge in [-0.05, 0) is 148 Å². The molecular weight excluding hydrogens is 917 g/mol. The van der Waals surface area contributed by atoms with Gasteiger partial charge >= 0.3 is 0 Å². The Labute approximate surface area is 432 Å². The highest BCUT2D eigenvalue weighted by molar-refractivity contribution is 8.03. The molecule has 0 aliphatic carbocycles. The summed E-state index contributed by atoms with van der Waals surface area (Å²) in [4.78, 5) is 9.09. The van der Waals surface area contributed by atoms with Crippen LogP contribution in [0.2, 0.25) is 0 Å². The third-order valence-electron chi connectivity index (χ3n) is 13.0. The second kappa shape index (κ2) is 37.5. The third kappa shape index (κ3) is 21.6. The van der Waals surface area contributed by atoms with Crippen molar-refractivity contribution in [2.45, 2.75) is 250 Å². The number of unbranched alkanes of at least 4 members (excludes halogenated alkanes) is 23. The van der Waals surface area contributed by atoms with Crippen molar-refractivity contribution in [3.8, 4) is 0 Å². The van der Waals surface area contributed by atoms with Gasteiger partial charge in [0.15, 0.2) is 0 Å². The van der Waals surface area contributed by atoms with Crippen molar-refractivity contribution in [1.29, 1.82) is 0 Å². The Bertz CT molecular complexity index is 1820. The molecule has 0 aliphatic rings. The van der Waals surface area contributed by atoms with Gasteiger partial charge in [0.25, 0.3) is 0 Å². The molecule has 0 aliphatic heterocycles. The number of hydrogen-bond donors (Lipinski definition) is 1. The molecule has 4 aromatic carbocycles. The van der Waals surface area contributed by atoms with E-state index in [2.05, 4.69) is 142 Å². The van der Waals surface area contributed by atoms with Crippen molar-refractivity contribution in [3.63, 3.8) is 0 Å². The summed E-state index contributed by atoms with van der Waals surface area (Å²) in [6.07, 6.45) is 37.8. The van der Waals surface area contributed by atoms with Crippen LogP contribution in [0.5, 0.6) is 0 Å². The zero-order valence-corrected chi connectivity index (χ0v) is 47.7. The van der Waals surface area contributed by atoms with E-state index in [1.54, 1.807) is 0 Å². The third-order valence-corrected chi connectivity index (χ3v) is 20.2. The van der Waals surface area contributed by atoms with Crippen LogP contribution in [0.3, 0.4) is 0 Å². The Morgan fingerprint density at radius 2 is 0.409 bits per heavy atom. The molecule has 0 fully saturated rings. The number of benzene rings is 4. The lowest BCUT2D eigenvalue weighted by atomic mass is 9.94. The maximum absolute atomic E-state index is 9.12. The van der Waals surface area contributed by atoms with Gasteiger partial charge in [0.05, 0.1) is 0 Å². The Kier molecular flexibility index (Phi) is 33.1. The molecule has 0 heterocycles. The molecule has 0 saturated heterocycles. The number of rotatable bonds is 42. The summed E-state index contributed by atoms with van der Waals surface area (Å²) in [6, 6.07) is 16.0. The molecule has 1 nitrogen and oxygen atoms in total. The summed E-state index contributed by atoms with van der Waals surface area (Å²) in [6.45, 7) is 12.0. The molecule has 0 atom stereocenters. The number of aliphatic hydroxyl groups is 1. The van der Waals surface area contributed by atoms with Gasteiger partial charge in [-0.3, -0.25) is 0 Å². The number of aliphatic hydroxyl groups excluding tert-OH is 1. The minimum atomic E-state index is 0.345. The van der Waals surface area contributed by atoms with E-state index in [0.29, 0.717) is 6.61 Å². The second-order valence-corrected chi connectivity index (χ2v) is 25.7. The van der Waals surface area contributed by atoms with Gasteiger partial charge in [0.2, 0.25) is 0 Å². The first-order valence-electron chi connectivity index (χ1n) is 27.5. The number of hydrogen-bond acceptors (Lipinski definition) is 7. The molecular formula is C59H94OS6. The topological polar surface area (TPSA) is 20.2 Å².